The van der Waals surface area contributed by atoms with E-state index in [0.29, 0.717) is 5.65 Å². The fourth-order valence-corrected chi connectivity index (χ4v) is 1.15. The van der Waals surface area contributed by atoms with E-state index in [4.69, 9.17) is 4.42 Å². The van der Waals surface area contributed by atoms with Gasteiger partial charge in [-0.3, -0.25) is 0 Å². The molecule has 0 aliphatic rings. The third kappa shape index (κ3) is 0.880. The standard InChI is InChI=1S/C6H3IN2O/c7-4-1-5-6(8-2-4)9-3-10-5/h1-3H. The van der Waals surface area contributed by atoms with Crippen LogP contribution in [0, 0.1) is 3.57 Å². The fraction of sp³-hybridized carbons (Fsp3) is 0. The van der Waals surface area contributed by atoms with E-state index in [9.17, 15) is 0 Å². The lowest BCUT2D eigenvalue weighted by Gasteiger charge is -1.85. The Labute approximate surface area is 70.6 Å². The van der Waals surface area contributed by atoms with Crippen molar-refractivity contribution >= 4 is 33.8 Å². The molecule has 0 aromatic carbocycles. The Morgan fingerprint density at radius 1 is 1.40 bits per heavy atom. The summed E-state index contributed by atoms with van der Waals surface area (Å²) in [4.78, 5) is 7.91. The summed E-state index contributed by atoms with van der Waals surface area (Å²) in [5, 5.41) is 0. The molecule has 0 fully saturated rings. The molecule has 50 valence electrons. The Hall–Kier alpha value is -0.650. The zero-order valence-corrected chi connectivity index (χ0v) is 7.07. The minimum atomic E-state index is 0.667. The maximum atomic E-state index is 5.02. The third-order valence-electron chi connectivity index (χ3n) is 1.15. The van der Waals surface area contributed by atoms with E-state index < -0.39 is 0 Å². The predicted molar refractivity (Wildman–Crippen MR) is 44.5 cm³/mol. The minimum absolute atomic E-state index is 0.667. The molecule has 0 unspecified atom stereocenters. The third-order valence-corrected chi connectivity index (χ3v) is 1.74. The maximum Gasteiger partial charge on any atom is 0.198 e. The molecule has 0 saturated carbocycles. The van der Waals surface area contributed by atoms with Crippen LogP contribution in [0.15, 0.2) is 23.1 Å². The van der Waals surface area contributed by atoms with Crippen molar-refractivity contribution in [3.63, 3.8) is 0 Å². The average molecular weight is 246 g/mol. The highest BCUT2D eigenvalue weighted by Crippen LogP contribution is 2.11. The molecule has 0 aliphatic heterocycles. The van der Waals surface area contributed by atoms with Crippen molar-refractivity contribution in [1.82, 2.24) is 9.97 Å². The van der Waals surface area contributed by atoms with Gasteiger partial charge in [0.15, 0.2) is 17.6 Å². The van der Waals surface area contributed by atoms with E-state index in [2.05, 4.69) is 32.6 Å². The van der Waals surface area contributed by atoms with Crippen LogP contribution >= 0.6 is 22.6 Å². The molecule has 2 aromatic heterocycles. The van der Waals surface area contributed by atoms with E-state index in [-0.39, 0.29) is 0 Å². The van der Waals surface area contributed by atoms with Gasteiger partial charge in [0.25, 0.3) is 0 Å². The van der Waals surface area contributed by atoms with E-state index >= 15 is 0 Å². The second kappa shape index (κ2) is 2.19. The lowest BCUT2D eigenvalue weighted by molar-refractivity contribution is 0.602. The van der Waals surface area contributed by atoms with Gasteiger partial charge in [-0.1, -0.05) is 0 Å². The first kappa shape index (κ1) is 6.09. The van der Waals surface area contributed by atoms with Gasteiger partial charge in [0.05, 0.1) is 0 Å². The molecule has 0 atom stereocenters. The van der Waals surface area contributed by atoms with Gasteiger partial charge in [-0.15, -0.1) is 0 Å². The van der Waals surface area contributed by atoms with Crippen LogP contribution < -0.4 is 0 Å². The Morgan fingerprint density at radius 3 is 3.20 bits per heavy atom. The molecule has 4 heteroatoms. The lowest BCUT2D eigenvalue weighted by atomic mass is 10.5. The Morgan fingerprint density at radius 2 is 2.30 bits per heavy atom. The maximum absolute atomic E-state index is 5.02. The number of oxazole rings is 1. The Bertz CT molecular complexity index is 357. The van der Waals surface area contributed by atoms with Crippen LogP contribution in [-0.2, 0) is 0 Å². The Kier molecular flexibility index (Phi) is 1.33. The van der Waals surface area contributed by atoms with Gasteiger partial charge in [-0.25, -0.2) is 4.98 Å². The highest BCUT2D eigenvalue weighted by atomic mass is 127. The van der Waals surface area contributed by atoms with Crippen LogP contribution in [0.5, 0.6) is 0 Å². The summed E-state index contributed by atoms with van der Waals surface area (Å²) in [7, 11) is 0. The molecule has 0 bridgehead atoms. The van der Waals surface area contributed by atoms with E-state index in [0.717, 1.165) is 9.15 Å². The quantitative estimate of drug-likeness (QED) is 0.665. The van der Waals surface area contributed by atoms with Crippen molar-refractivity contribution < 1.29 is 4.42 Å². The summed E-state index contributed by atoms with van der Waals surface area (Å²) >= 11 is 2.18. The molecular weight excluding hydrogens is 243 g/mol. The monoisotopic (exact) mass is 246 g/mol. The van der Waals surface area contributed by atoms with Crippen LogP contribution in [0.3, 0.4) is 0 Å². The second-order valence-electron chi connectivity index (χ2n) is 1.83. The topological polar surface area (TPSA) is 38.9 Å². The molecule has 0 saturated heterocycles. The SMILES string of the molecule is Ic1cnc2ncoc2c1. The van der Waals surface area contributed by atoms with Crippen LogP contribution in [0.2, 0.25) is 0 Å². The zero-order valence-electron chi connectivity index (χ0n) is 4.91. The summed E-state index contributed by atoms with van der Waals surface area (Å²) in [6.45, 7) is 0. The van der Waals surface area contributed by atoms with Crippen LogP contribution in [-0.4, -0.2) is 9.97 Å². The molecule has 0 N–H and O–H groups in total. The van der Waals surface area contributed by atoms with Crippen LogP contribution in [0.1, 0.15) is 0 Å². The zero-order chi connectivity index (χ0) is 6.97. The van der Waals surface area contributed by atoms with Crippen molar-refractivity contribution in [1.29, 1.82) is 0 Å². The minimum Gasteiger partial charge on any atom is -0.442 e. The number of fused-ring (bicyclic) bond motifs is 1. The number of aromatic nitrogens is 2. The van der Waals surface area contributed by atoms with E-state index in [1.807, 2.05) is 6.07 Å². The number of hydrogen-bond donors (Lipinski definition) is 0. The normalized spacial score (nSPS) is 10.5. The summed E-state index contributed by atoms with van der Waals surface area (Å²) in [5.41, 5.74) is 1.41. The van der Waals surface area contributed by atoms with Gasteiger partial charge in [0, 0.05) is 9.77 Å². The van der Waals surface area contributed by atoms with Crippen molar-refractivity contribution in [2.24, 2.45) is 0 Å². The molecule has 10 heavy (non-hydrogen) atoms. The van der Waals surface area contributed by atoms with Crippen molar-refractivity contribution in [3.05, 3.63) is 22.2 Å². The number of pyridine rings is 1. The Balaban J connectivity index is 2.86. The molecule has 0 spiro atoms. The molecule has 2 rings (SSSR count). The molecule has 2 aromatic rings. The molecule has 3 nitrogen and oxygen atoms in total. The van der Waals surface area contributed by atoms with Gasteiger partial charge in [0.1, 0.15) is 0 Å². The van der Waals surface area contributed by atoms with Crippen LogP contribution in [0.25, 0.3) is 11.2 Å². The molecular formula is C6H3IN2O. The van der Waals surface area contributed by atoms with E-state index in [1.54, 1.807) is 6.20 Å². The molecule has 0 amide bonds. The molecule has 0 aliphatic carbocycles. The summed E-state index contributed by atoms with van der Waals surface area (Å²) in [6.07, 6.45) is 3.15. The first-order valence-electron chi connectivity index (χ1n) is 2.71. The van der Waals surface area contributed by atoms with Gasteiger partial charge >= 0.3 is 0 Å². The average Bonchev–Trinajstić information content (AvgIpc) is 2.33. The van der Waals surface area contributed by atoms with Gasteiger partial charge < -0.3 is 4.42 Å². The van der Waals surface area contributed by atoms with Crippen molar-refractivity contribution in [2.45, 2.75) is 0 Å². The first-order chi connectivity index (χ1) is 4.86. The first-order valence-corrected chi connectivity index (χ1v) is 3.79. The highest BCUT2D eigenvalue weighted by molar-refractivity contribution is 14.1. The van der Waals surface area contributed by atoms with Gasteiger partial charge in [0.2, 0.25) is 0 Å². The summed E-state index contributed by atoms with van der Waals surface area (Å²) in [6, 6.07) is 1.90. The number of nitrogens with zero attached hydrogens (tertiary/aromatic N) is 2. The van der Waals surface area contributed by atoms with Gasteiger partial charge in [-0.2, -0.15) is 4.98 Å². The fourth-order valence-electron chi connectivity index (χ4n) is 0.730. The smallest absolute Gasteiger partial charge is 0.198 e. The van der Waals surface area contributed by atoms with Crippen molar-refractivity contribution in [3.8, 4) is 0 Å². The number of halogens is 1. The largest absolute Gasteiger partial charge is 0.442 e. The summed E-state index contributed by atoms with van der Waals surface area (Å²) in [5.74, 6) is 0. The van der Waals surface area contributed by atoms with Crippen molar-refractivity contribution in [2.75, 3.05) is 0 Å². The number of hydrogen-bond acceptors (Lipinski definition) is 3. The van der Waals surface area contributed by atoms with Gasteiger partial charge in [-0.05, 0) is 28.7 Å². The predicted octanol–water partition coefficient (Wildman–Crippen LogP) is 1.83. The van der Waals surface area contributed by atoms with Crippen LogP contribution in [0.4, 0.5) is 0 Å². The lowest BCUT2D eigenvalue weighted by Crippen LogP contribution is -1.76. The molecule has 0 radical (unpaired) electrons. The van der Waals surface area contributed by atoms with E-state index in [1.165, 1.54) is 6.39 Å². The number of rotatable bonds is 0. The highest BCUT2D eigenvalue weighted by Gasteiger charge is 1.97. The molecule has 2 heterocycles. The summed E-state index contributed by atoms with van der Waals surface area (Å²) < 4.78 is 6.08. The second-order valence-corrected chi connectivity index (χ2v) is 3.07.